The van der Waals surface area contributed by atoms with Gasteiger partial charge in [0, 0.05) is 38.3 Å². The highest BCUT2D eigenvalue weighted by molar-refractivity contribution is 7.89. The molecule has 0 N–H and O–H groups in total. The highest BCUT2D eigenvalue weighted by atomic mass is 32.2. The zero-order valence-corrected chi connectivity index (χ0v) is 17.2. The first-order valence-corrected chi connectivity index (χ1v) is 10.5. The minimum atomic E-state index is -3.50. The van der Waals surface area contributed by atoms with Crippen molar-refractivity contribution in [3.8, 4) is 17.2 Å². The van der Waals surface area contributed by atoms with Gasteiger partial charge in [0.15, 0.2) is 0 Å². The number of rotatable bonds is 7. The van der Waals surface area contributed by atoms with Crippen LogP contribution in [0.1, 0.15) is 5.56 Å². The van der Waals surface area contributed by atoms with Crippen molar-refractivity contribution in [3.05, 3.63) is 48.0 Å². The van der Waals surface area contributed by atoms with Gasteiger partial charge in [-0.1, -0.05) is 0 Å². The van der Waals surface area contributed by atoms with Gasteiger partial charge in [0.25, 0.3) is 0 Å². The summed E-state index contributed by atoms with van der Waals surface area (Å²) in [6, 6.07) is 12.2. The normalized spacial score (nSPS) is 16.0. The summed E-state index contributed by atoms with van der Waals surface area (Å²) in [6.07, 6.45) is 0. The molecule has 0 amide bonds. The molecule has 8 heteroatoms. The molecule has 0 aliphatic carbocycles. The van der Waals surface area contributed by atoms with Crippen molar-refractivity contribution in [2.75, 3.05) is 47.5 Å². The first kappa shape index (κ1) is 20.4. The zero-order chi connectivity index (χ0) is 20.1. The van der Waals surface area contributed by atoms with E-state index in [1.54, 1.807) is 45.6 Å². The smallest absolute Gasteiger partial charge is 0.243 e. The molecule has 0 unspecified atom stereocenters. The fourth-order valence-corrected chi connectivity index (χ4v) is 4.69. The topological polar surface area (TPSA) is 68.3 Å². The van der Waals surface area contributed by atoms with E-state index in [2.05, 4.69) is 4.90 Å². The van der Waals surface area contributed by atoms with Crippen LogP contribution in [0, 0.1) is 0 Å². The Balaban J connectivity index is 1.65. The molecule has 152 valence electrons. The van der Waals surface area contributed by atoms with Crippen molar-refractivity contribution in [1.82, 2.24) is 9.21 Å². The molecule has 1 fully saturated rings. The molecule has 7 nitrogen and oxygen atoms in total. The number of sulfonamides is 1. The van der Waals surface area contributed by atoms with Crippen LogP contribution < -0.4 is 14.2 Å². The maximum absolute atomic E-state index is 12.9. The number of methoxy groups -OCH3 is 3. The molecule has 28 heavy (non-hydrogen) atoms. The summed E-state index contributed by atoms with van der Waals surface area (Å²) in [6.45, 7) is 2.86. The molecule has 3 rings (SSSR count). The van der Waals surface area contributed by atoms with Gasteiger partial charge in [-0.05, 0) is 42.5 Å². The molecule has 0 spiro atoms. The fourth-order valence-electron chi connectivity index (χ4n) is 3.27. The van der Waals surface area contributed by atoms with Crippen molar-refractivity contribution in [2.24, 2.45) is 0 Å². The van der Waals surface area contributed by atoms with Crippen LogP contribution >= 0.6 is 0 Å². The maximum atomic E-state index is 12.9. The largest absolute Gasteiger partial charge is 0.497 e. The summed E-state index contributed by atoms with van der Waals surface area (Å²) < 4.78 is 43.1. The molecule has 0 saturated carbocycles. The second kappa shape index (κ2) is 8.81. The van der Waals surface area contributed by atoms with Gasteiger partial charge in [0.1, 0.15) is 17.2 Å². The predicted octanol–water partition coefficient (Wildman–Crippen LogP) is 2.22. The van der Waals surface area contributed by atoms with E-state index in [4.69, 9.17) is 14.2 Å². The third-order valence-electron chi connectivity index (χ3n) is 4.91. The van der Waals surface area contributed by atoms with Gasteiger partial charge in [-0.3, -0.25) is 4.90 Å². The van der Waals surface area contributed by atoms with Crippen molar-refractivity contribution in [1.29, 1.82) is 0 Å². The summed E-state index contributed by atoms with van der Waals surface area (Å²) in [5.74, 6) is 2.21. The molecule has 1 heterocycles. The number of hydrogen-bond donors (Lipinski definition) is 0. The molecule has 2 aromatic carbocycles. The third-order valence-corrected chi connectivity index (χ3v) is 6.82. The SMILES string of the molecule is COc1ccc(S(=O)(=O)N2CCN(Cc3cc(OC)ccc3OC)CC2)cc1. The molecule has 0 atom stereocenters. The second-order valence-electron chi connectivity index (χ2n) is 6.53. The summed E-state index contributed by atoms with van der Waals surface area (Å²) in [5, 5.41) is 0. The molecule has 2 aromatic rings. The highest BCUT2D eigenvalue weighted by Crippen LogP contribution is 2.26. The standard InChI is InChI=1S/C20H26N2O5S/c1-25-17-4-7-19(8-5-17)28(23,24)22-12-10-21(11-13-22)15-16-14-18(26-2)6-9-20(16)27-3/h4-9,14H,10-13,15H2,1-3H3. The van der Waals surface area contributed by atoms with Gasteiger partial charge >= 0.3 is 0 Å². The van der Waals surface area contributed by atoms with Crippen LogP contribution in [0.25, 0.3) is 0 Å². The van der Waals surface area contributed by atoms with Crippen molar-refractivity contribution >= 4 is 10.0 Å². The van der Waals surface area contributed by atoms with E-state index in [1.807, 2.05) is 18.2 Å². The van der Waals surface area contributed by atoms with E-state index in [0.717, 1.165) is 17.1 Å². The van der Waals surface area contributed by atoms with E-state index in [1.165, 1.54) is 4.31 Å². The minimum absolute atomic E-state index is 0.288. The van der Waals surface area contributed by atoms with E-state index >= 15 is 0 Å². The lowest BCUT2D eigenvalue weighted by molar-refractivity contribution is 0.180. The lowest BCUT2D eigenvalue weighted by Gasteiger charge is -2.34. The Morgan fingerprint density at radius 3 is 2.00 bits per heavy atom. The third kappa shape index (κ3) is 4.40. The minimum Gasteiger partial charge on any atom is -0.497 e. The van der Waals surface area contributed by atoms with E-state index in [-0.39, 0.29) is 4.90 Å². The van der Waals surface area contributed by atoms with Gasteiger partial charge in [-0.2, -0.15) is 4.31 Å². The van der Waals surface area contributed by atoms with Gasteiger partial charge in [-0.25, -0.2) is 8.42 Å². The van der Waals surface area contributed by atoms with Crippen LogP contribution in [0.2, 0.25) is 0 Å². The molecule has 0 bridgehead atoms. The van der Waals surface area contributed by atoms with Gasteiger partial charge in [-0.15, -0.1) is 0 Å². The Morgan fingerprint density at radius 1 is 0.821 bits per heavy atom. The molecule has 1 aliphatic heterocycles. The molecule has 1 aliphatic rings. The number of hydrogen-bond acceptors (Lipinski definition) is 6. The number of piperazine rings is 1. The highest BCUT2D eigenvalue weighted by Gasteiger charge is 2.28. The average molecular weight is 407 g/mol. The molecular formula is C20H26N2O5S. The first-order valence-electron chi connectivity index (χ1n) is 9.05. The first-order chi connectivity index (χ1) is 13.5. The Kier molecular flexibility index (Phi) is 6.43. The number of benzene rings is 2. The lowest BCUT2D eigenvalue weighted by atomic mass is 10.1. The summed E-state index contributed by atoms with van der Waals surface area (Å²) in [4.78, 5) is 2.51. The van der Waals surface area contributed by atoms with Crippen molar-refractivity contribution < 1.29 is 22.6 Å². The van der Waals surface area contributed by atoms with Crippen molar-refractivity contribution in [2.45, 2.75) is 11.4 Å². The van der Waals surface area contributed by atoms with E-state index in [9.17, 15) is 8.42 Å². The summed E-state index contributed by atoms with van der Waals surface area (Å²) >= 11 is 0. The van der Waals surface area contributed by atoms with Gasteiger partial charge < -0.3 is 14.2 Å². The van der Waals surface area contributed by atoms with Crippen LogP contribution in [0.4, 0.5) is 0 Å². The Labute approximate surface area is 166 Å². The van der Waals surface area contributed by atoms with Crippen LogP contribution in [0.3, 0.4) is 0 Å². The Bertz CT molecular complexity index is 891. The molecular weight excluding hydrogens is 380 g/mol. The zero-order valence-electron chi connectivity index (χ0n) is 16.4. The predicted molar refractivity (Wildman–Crippen MR) is 107 cm³/mol. The number of nitrogens with zero attached hydrogens (tertiary/aromatic N) is 2. The second-order valence-corrected chi connectivity index (χ2v) is 8.47. The average Bonchev–Trinajstić information content (AvgIpc) is 2.74. The summed E-state index contributed by atoms with van der Waals surface area (Å²) in [5.41, 5.74) is 1.02. The van der Waals surface area contributed by atoms with Gasteiger partial charge in [0.05, 0.1) is 26.2 Å². The van der Waals surface area contributed by atoms with Crippen LogP contribution in [0.5, 0.6) is 17.2 Å². The maximum Gasteiger partial charge on any atom is 0.243 e. The monoisotopic (exact) mass is 406 g/mol. The van der Waals surface area contributed by atoms with Crippen LogP contribution in [0.15, 0.2) is 47.4 Å². The molecule has 1 saturated heterocycles. The van der Waals surface area contributed by atoms with E-state index in [0.29, 0.717) is 38.5 Å². The molecule has 0 radical (unpaired) electrons. The fraction of sp³-hybridized carbons (Fsp3) is 0.400. The van der Waals surface area contributed by atoms with E-state index < -0.39 is 10.0 Å². The lowest BCUT2D eigenvalue weighted by Crippen LogP contribution is -2.48. The van der Waals surface area contributed by atoms with Crippen LogP contribution in [-0.4, -0.2) is 65.1 Å². The quantitative estimate of drug-likeness (QED) is 0.702. The van der Waals surface area contributed by atoms with Crippen LogP contribution in [-0.2, 0) is 16.6 Å². The van der Waals surface area contributed by atoms with Crippen molar-refractivity contribution in [3.63, 3.8) is 0 Å². The Morgan fingerprint density at radius 2 is 1.43 bits per heavy atom. The summed E-state index contributed by atoms with van der Waals surface area (Å²) in [7, 11) is 1.33. The Hall–Kier alpha value is -2.29. The van der Waals surface area contributed by atoms with Gasteiger partial charge in [0.2, 0.25) is 10.0 Å². The number of ether oxygens (including phenoxy) is 3. The molecule has 0 aromatic heterocycles.